The number of ketones is 1. The van der Waals surface area contributed by atoms with Gasteiger partial charge in [0.25, 0.3) is 5.91 Å². The molecule has 6 rings (SSSR count). The summed E-state index contributed by atoms with van der Waals surface area (Å²) >= 11 is 0. The number of carbonyl (C=O) groups is 2. The van der Waals surface area contributed by atoms with Crippen molar-refractivity contribution in [3.63, 3.8) is 0 Å². The second kappa shape index (κ2) is 11.1. The van der Waals surface area contributed by atoms with Crippen molar-refractivity contribution in [2.45, 2.75) is 19.2 Å². The number of furan rings is 1. The van der Waals surface area contributed by atoms with Gasteiger partial charge in [0.1, 0.15) is 12.2 Å². The van der Waals surface area contributed by atoms with Crippen LogP contribution in [0.15, 0.2) is 125 Å². The molecule has 0 saturated carbocycles. The van der Waals surface area contributed by atoms with Gasteiger partial charge < -0.3 is 23.9 Å². The predicted octanol–water partition coefficient (Wildman–Crippen LogP) is 6.80. The van der Waals surface area contributed by atoms with Crippen LogP contribution in [0.5, 0.6) is 11.5 Å². The number of hydrogen-bond donors (Lipinski definition) is 1. The zero-order valence-electron chi connectivity index (χ0n) is 22.3. The number of hydrogen-bond acceptors (Lipinski definition) is 6. The van der Waals surface area contributed by atoms with Crippen LogP contribution < -0.4 is 9.47 Å². The van der Waals surface area contributed by atoms with Gasteiger partial charge in [-0.05, 0) is 41.0 Å². The molecule has 7 nitrogen and oxygen atoms in total. The van der Waals surface area contributed by atoms with E-state index in [1.165, 1.54) is 12.0 Å². The number of fused-ring (bicyclic) bond motifs is 1. The number of nitrogens with zero attached hydrogens (tertiary/aromatic N) is 1. The van der Waals surface area contributed by atoms with E-state index in [-0.39, 0.29) is 17.9 Å². The number of Topliss-reactive ketones (excluding diaryl/α,β-unsaturated/α-hetero) is 1. The highest BCUT2D eigenvalue weighted by Crippen LogP contribution is 2.43. The first-order chi connectivity index (χ1) is 20.0. The molecule has 5 aromatic rings. The number of benzene rings is 4. The summed E-state index contributed by atoms with van der Waals surface area (Å²) < 4.78 is 17.5. The average molecular weight is 546 g/mol. The summed E-state index contributed by atoms with van der Waals surface area (Å²) in [7, 11) is 1.53. The van der Waals surface area contributed by atoms with Gasteiger partial charge in [0.05, 0.1) is 18.7 Å². The van der Waals surface area contributed by atoms with E-state index in [2.05, 4.69) is 0 Å². The first-order valence-electron chi connectivity index (χ1n) is 13.2. The molecule has 1 unspecified atom stereocenters. The van der Waals surface area contributed by atoms with Crippen LogP contribution in [0.1, 0.15) is 33.3 Å². The normalized spacial score (nSPS) is 15.0. The fraction of sp³-hybridized carbons (Fsp3) is 0.118. The molecule has 0 radical (unpaired) electrons. The van der Waals surface area contributed by atoms with Crippen LogP contribution >= 0.6 is 0 Å². The maximum Gasteiger partial charge on any atom is 0.290 e. The standard InChI is InChI=1S/C34H27NO6/c1-39-28-19-25(16-17-27(28)40-21-23-12-6-3-7-13-23)31-30(32(36)29-18-24-14-8-9-15-26(24)41-29)33(37)34(38)35(31)20-22-10-4-2-5-11-22/h2-19,31,37H,20-21H2,1H3. The van der Waals surface area contributed by atoms with E-state index in [0.717, 1.165) is 16.5 Å². The number of carbonyl (C=O) groups excluding carboxylic acids is 2. The first kappa shape index (κ1) is 26.0. The molecule has 0 fully saturated rings. The Morgan fingerprint density at radius 2 is 1.54 bits per heavy atom. The maximum absolute atomic E-state index is 13.9. The third kappa shape index (κ3) is 5.05. The van der Waals surface area contributed by atoms with E-state index in [9.17, 15) is 14.7 Å². The molecule has 2 heterocycles. The van der Waals surface area contributed by atoms with E-state index >= 15 is 0 Å². The van der Waals surface area contributed by atoms with Gasteiger partial charge in [-0.15, -0.1) is 0 Å². The van der Waals surface area contributed by atoms with E-state index < -0.39 is 23.5 Å². The third-order valence-corrected chi connectivity index (χ3v) is 7.13. The second-order valence-corrected chi connectivity index (χ2v) is 9.75. The molecule has 41 heavy (non-hydrogen) atoms. The molecular weight excluding hydrogens is 518 g/mol. The van der Waals surface area contributed by atoms with Crippen molar-refractivity contribution in [2.24, 2.45) is 0 Å². The molecule has 0 aliphatic carbocycles. The summed E-state index contributed by atoms with van der Waals surface area (Å²) in [5.74, 6) is -0.802. The topological polar surface area (TPSA) is 89.2 Å². The Morgan fingerprint density at radius 3 is 2.24 bits per heavy atom. The van der Waals surface area contributed by atoms with Gasteiger partial charge in [-0.3, -0.25) is 9.59 Å². The number of aliphatic hydroxyl groups excluding tert-OH is 1. The van der Waals surface area contributed by atoms with Gasteiger partial charge in [0, 0.05) is 11.9 Å². The summed E-state index contributed by atoms with van der Waals surface area (Å²) in [4.78, 5) is 28.8. The molecular formula is C34H27NO6. The predicted molar refractivity (Wildman–Crippen MR) is 154 cm³/mol. The van der Waals surface area contributed by atoms with E-state index in [1.54, 1.807) is 30.3 Å². The monoisotopic (exact) mass is 545 g/mol. The highest BCUT2D eigenvalue weighted by molar-refractivity contribution is 6.16. The zero-order valence-corrected chi connectivity index (χ0v) is 22.3. The van der Waals surface area contributed by atoms with Crippen LogP contribution in [-0.2, 0) is 17.9 Å². The Labute approximate surface area is 236 Å². The van der Waals surface area contributed by atoms with Crippen LogP contribution in [-0.4, -0.2) is 28.8 Å². The Bertz CT molecular complexity index is 1720. The van der Waals surface area contributed by atoms with Crippen molar-refractivity contribution in [1.29, 1.82) is 0 Å². The number of ether oxygens (including phenoxy) is 2. The van der Waals surface area contributed by atoms with E-state index in [0.29, 0.717) is 29.3 Å². The van der Waals surface area contributed by atoms with Gasteiger partial charge >= 0.3 is 0 Å². The number of rotatable bonds is 9. The fourth-order valence-corrected chi connectivity index (χ4v) is 5.11. The molecule has 1 atom stereocenters. The lowest BCUT2D eigenvalue weighted by Crippen LogP contribution is -2.30. The SMILES string of the molecule is COc1cc(C2C(C(=O)c3cc4ccccc4o3)=C(O)C(=O)N2Cc2ccccc2)ccc1OCc1ccccc1. The van der Waals surface area contributed by atoms with E-state index in [1.807, 2.05) is 78.9 Å². The maximum atomic E-state index is 13.9. The molecule has 1 aromatic heterocycles. The summed E-state index contributed by atoms with van der Waals surface area (Å²) in [6, 6.07) is 32.4. The van der Waals surface area contributed by atoms with Crippen LogP contribution in [0.4, 0.5) is 0 Å². The van der Waals surface area contributed by atoms with Gasteiger partial charge in [-0.1, -0.05) is 84.9 Å². The minimum Gasteiger partial charge on any atom is -0.503 e. The van der Waals surface area contributed by atoms with E-state index in [4.69, 9.17) is 13.9 Å². The Hall–Kier alpha value is -5.30. The summed E-state index contributed by atoms with van der Waals surface area (Å²) in [5, 5.41) is 11.9. The largest absolute Gasteiger partial charge is 0.503 e. The van der Waals surface area contributed by atoms with Gasteiger partial charge in [-0.2, -0.15) is 0 Å². The van der Waals surface area contributed by atoms with Crippen molar-refractivity contribution in [3.8, 4) is 11.5 Å². The van der Waals surface area contributed by atoms with Crippen LogP contribution in [0.2, 0.25) is 0 Å². The minimum absolute atomic E-state index is 0.0434. The van der Waals surface area contributed by atoms with Crippen LogP contribution in [0, 0.1) is 0 Å². The number of para-hydroxylation sites is 1. The van der Waals surface area contributed by atoms with Gasteiger partial charge in [0.2, 0.25) is 5.78 Å². The molecule has 1 amide bonds. The molecule has 1 N–H and O–H groups in total. The summed E-state index contributed by atoms with van der Waals surface area (Å²) in [6.45, 7) is 0.523. The molecule has 1 aliphatic heterocycles. The fourth-order valence-electron chi connectivity index (χ4n) is 5.11. The molecule has 4 aromatic carbocycles. The second-order valence-electron chi connectivity index (χ2n) is 9.75. The molecule has 7 heteroatoms. The minimum atomic E-state index is -0.888. The van der Waals surface area contributed by atoms with Crippen LogP contribution in [0.3, 0.4) is 0 Å². The molecule has 0 spiro atoms. The van der Waals surface area contributed by atoms with Crippen LogP contribution in [0.25, 0.3) is 11.0 Å². The average Bonchev–Trinajstić information content (AvgIpc) is 3.56. The summed E-state index contributed by atoms with van der Waals surface area (Å²) in [6.07, 6.45) is 0. The lowest BCUT2D eigenvalue weighted by atomic mass is 9.94. The number of methoxy groups -OCH3 is 1. The van der Waals surface area contributed by atoms with Crippen molar-refractivity contribution < 1.29 is 28.6 Å². The van der Waals surface area contributed by atoms with Crippen molar-refractivity contribution in [3.05, 3.63) is 143 Å². The van der Waals surface area contributed by atoms with Gasteiger partial charge in [-0.25, -0.2) is 0 Å². The van der Waals surface area contributed by atoms with Gasteiger partial charge in [0.15, 0.2) is 23.0 Å². The lowest BCUT2D eigenvalue weighted by Gasteiger charge is -2.27. The first-order valence-corrected chi connectivity index (χ1v) is 13.2. The number of aliphatic hydroxyl groups is 1. The quantitative estimate of drug-likeness (QED) is 0.205. The number of amides is 1. The van der Waals surface area contributed by atoms with Crippen molar-refractivity contribution >= 4 is 22.7 Å². The summed E-state index contributed by atoms with van der Waals surface area (Å²) in [5.41, 5.74) is 2.93. The smallest absolute Gasteiger partial charge is 0.290 e. The molecule has 204 valence electrons. The molecule has 1 aliphatic rings. The lowest BCUT2D eigenvalue weighted by molar-refractivity contribution is -0.130. The van der Waals surface area contributed by atoms with Crippen molar-refractivity contribution in [1.82, 2.24) is 4.90 Å². The Balaban J connectivity index is 1.39. The molecule has 0 bridgehead atoms. The van der Waals surface area contributed by atoms with Crippen molar-refractivity contribution in [2.75, 3.05) is 7.11 Å². The Kier molecular flexibility index (Phi) is 7.00. The third-order valence-electron chi connectivity index (χ3n) is 7.13. The molecule has 0 saturated heterocycles. The zero-order chi connectivity index (χ0) is 28.3. The highest BCUT2D eigenvalue weighted by atomic mass is 16.5. The Morgan fingerprint density at radius 1 is 0.854 bits per heavy atom. The highest BCUT2D eigenvalue weighted by Gasteiger charge is 2.44.